The molecule has 2 aromatic rings. The van der Waals surface area contributed by atoms with Gasteiger partial charge in [-0.3, -0.25) is 0 Å². The zero-order valence-electron chi connectivity index (χ0n) is 16.0. The van der Waals surface area contributed by atoms with Crippen molar-refractivity contribution < 1.29 is 14.3 Å². The lowest BCUT2D eigenvalue weighted by Gasteiger charge is -2.08. The molecular weight excluding hydrogens is 324 g/mol. The van der Waals surface area contributed by atoms with Crippen LogP contribution in [0.2, 0.25) is 0 Å². The molecule has 0 aromatic heterocycles. The lowest BCUT2D eigenvalue weighted by atomic mass is 10.1. The Morgan fingerprint density at radius 1 is 0.769 bits per heavy atom. The van der Waals surface area contributed by atoms with E-state index in [0.717, 1.165) is 25.0 Å². The Labute approximate surface area is 157 Å². The highest BCUT2D eigenvalue weighted by Crippen LogP contribution is 2.18. The molecule has 2 aromatic carbocycles. The number of aryl methyl sites for hydroxylation is 1. The highest BCUT2D eigenvalue weighted by molar-refractivity contribution is 5.91. The van der Waals surface area contributed by atoms with Crippen molar-refractivity contribution in [3.05, 3.63) is 59.7 Å². The van der Waals surface area contributed by atoms with Gasteiger partial charge in [-0.25, -0.2) is 4.79 Å². The molecule has 3 heteroatoms. The van der Waals surface area contributed by atoms with E-state index in [0.29, 0.717) is 17.9 Å². The largest absolute Gasteiger partial charge is 0.494 e. The number of benzene rings is 2. The summed E-state index contributed by atoms with van der Waals surface area (Å²) in [6.07, 6.45) is 8.22. The summed E-state index contributed by atoms with van der Waals surface area (Å²) in [6, 6.07) is 14.9. The molecule has 0 unspecified atom stereocenters. The molecule has 0 saturated heterocycles. The molecule has 0 aliphatic rings. The van der Waals surface area contributed by atoms with Gasteiger partial charge in [-0.15, -0.1) is 0 Å². The topological polar surface area (TPSA) is 35.5 Å². The molecule has 0 N–H and O–H groups in total. The summed E-state index contributed by atoms with van der Waals surface area (Å²) in [4.78, 5) is 12.3. The van der Waals surface area contributed by atoms with Crippen LogP contribution in [0.4, 0.5) is 0 Å². The minimum Gasteiger partial charge on any atom is -0.494 e. The normalized spacial score (nSPS) is 10.5. The molecule has 2 rings (SSSR count). The maximum atomic E-state index is 12.3. The number of hydrogen-bond donors (Lipinski definition) is 0. The zero-order chi connectivity index (χ0) is 18.6. The first kappa shape index (κ1) is 20.0. The number of ether oxygens (including phenoxy) is 2. The zero-order valence-corrected chi connectivity index (χ0v) is 16.0. The molecule has 0 amide bonds. The van der Waals surface area contributed by atoms with E-state index in [1.165, 1.54) is 31.2 Å². The molecule has 0 aliphatic heterocycles. The highest BCUT2D eigenvalue weighted by atomic mass is 16.5. The van der Waals surface area contributed by atoms with Crippen LogP contribution >= 0.6 is 0 Å². The summed E-state index contributed by atoms with van der Waals surface area (Å²) in [7, 11) is 0. The quantitative estimate of drug-likeness (QED) is 0.273. The first-order chi connectivity index (χ1) is 12.7. The third kappa shape index (κ3) is 6.91. The molecule has 3 nitrogen and oxygen atoms in total. The van der Waals surface area contributed by atoms with Crippen molar-refractivity contribution in [3.63, 3.8) is 0 Å². The van der Waals surface area contributed by atoms with Crippen LogP contribution in [0, 0.1) is 0 Å². The van der Waals surface area contributed by atoms with Gasteiger partial charge in [0.2, 0.25) is 0 Å². The van der Waals surface area contributed by atoms with Crippen molar-refractivity contribution in [3.8, 4) is 11.5 Å². The van der Waals surface area contributed by atoms with Gasteiger partial charge in [0.05, 0.1) is 12.2 Å². The first-order valence-corrected chi connectivity index (χ1v) is 9.77. The molecular formula is C23H30O3. The Balaban J connectivity index is 1.83. The highest BCUT2D eigenvalue weighted by Gasteiger charge is 2.09. The van der Waals surface area contributed by atoms with E-state index in [9.17, 15) is 4.79 Å². The Kier molecular flexibility index (Phi) is 8.74. The van der Waals surface area contributed by atoms with Gasteiger partial charge in [-0.05, 0) is 61.2 Å². The average molecular weight is 354 g/mol. The van der Waals surface area contributed by atoms with Crippen LogP contribution in [-0.4, -0.2) is 12.6 Å². The monoisotopic (exact) mass is 354 g/mol. The Morgan fingerprint density at radius 3 is 2.08 bits per heavy atom. The van der Waals surface area contributed by atoms with Crippen LogP contribution < -0.4 is 9.47 Å². The van der Waals surface area contributed by atoms with E-state index in [2.05, 4.69) is 13.8 Å². The molecule has 0 radical (unpaired) electrons. The first-order valence-electron chi connectivity index (χ1n) is 9.77. The molecule has 0 atom stereocenters. The van der Waals surface area contributed by atoms with Gasteiger partial charge in [0, 0.05) is 0 Å². The summed E-state index contributed by atoms with van der Waals surface area (Å²) in [5.41, 5.74) is 1.81. The Bertz CT molecular complexity index is 644. The SMILES string of the molecule is CCCCCCc1ccc(OC(=O)c2ccc(OCCCC)cc2)cc1. The summed E-state index contributed by atoms with van der Waals surface area (Å²) in [6.45, 7) is 5.04. The number of esters is 1. The summed E-state index contributed by atoms with van der Waals surface area (Å²) in [5, 5.41) is 0. The van der Waals surface area contributed by atoms with Gasteiger partial charge in [0.25, 0.3) is 0 Å². The number of rotatable bonds is 11. The van der Waals surface area contributed by atoms with Crippen molar-refractivity contribution >= 4 is 5.97 Å². The van der Waals surface area contributed by atoms with Crippen LogP contribution in [-0.2, 0) is 6.42 Å². The minimum atomic E-state index is -0.346. The summed E-state index contributed by atoms with van der Waals surface area (Å²) >= 11 is 0. The van der Waals surface area contributed by atoms with Gasteiger partial charge in [-0.2, -0.15) is 0 Å². The third-order valence-corrected chi connectivity index (χ3v) is 4.31. The molecule has 0 aliphatic carbocycles. The third-order valence-electron chi connectivity index (χ3n) is 4.31. The maximum absolute atomic E-state index is 12.3. The second-order valence-electron chi connectivity index (χ2n) is 6.57. The second kappa shape index (κ2) is 11.3. The molecule has 140 valence electrons. The summed E-state index contributed by atoms with van der Waals surface area (Å²) in [5.74, 6) is 1.01. The minimum absolute atomic E-state index is 0.346. The van der Waals surface area contributed by atoms with E-state index >= 15 is 0 Å². The van der Waals surface area contributed by atoms with E-state index in [-0.39, 0.29) is 5.97 Å². The maximum Gasteiger partial charge on any atom is 0.343 e. The molecule has 0 heterocycles. The number of hydrogen-bond acceptors (Lipinski definition) is 3. The standard InChI is InChI=1S/C23H30O3/c1-3-5-7-8-9-19-10-14-22(15-11-19)26-23(24)20-12-16-21(17-13-20)25-18-6-4-2/h10-17H,3-9,18H2,1-2H3. The molecule has 26 heavy (non-hydrogen) atoms. The van der Waals surface area contributed by atoms with Gasteiger partial charge >= 0.3 is 5.97 Å². The lowest BCUT2D eigenvalue weighted by molar-refractivity contribution is 0.0734. The second-order valence-corrected chi connectivity index (χ2v) is 6.57. The number of carbonyl (C=O) groups excluding carboxylic acids is 1. The molecule has 0 saturated carbocycles. The van der Waals surface area contributed by atoms with Crippen LogP contribution in [0.3, 0.4) is 0 Å². The Hall–Kier alpha value is -2.29. The lowest BCUT2D eigenvalue weighted by Crippen LogP contribution is -2.08. The van der Waals surface area contributed by atoms with Crippen LogP contribution in [0.25, 0.3) is 0 Å². The average Bonchev–Trinajstić information content (AvgIpc) is 2.67. The number of unbranched alkanes of at least 4 members (excludes halogenated alkanes) is 4. The van der Waals surface area contributed by atoms with Gasteiger partial charge < -0.3 is 9.47 Å². The molecule has 0 bridgehead atoms. The van der Waals surface area contributed by atoms with Crippen molar-refractivity contribution in [2.45, 2.75) is 58.8 Å². The van der Waals surface area contributed by atoms with E-state index < -0.39 is 0 Å². The Morgan fingerprint density at radius 2 is 1.42 bits per heavy atom. The van der Waals surface area contributed by atoms with Crippen LogP contribution in [0.1, 0.15) is 68.3 Å². The van der Waals surface area contributed by atoms with E-state index in [1.54, 1.807) is 12.1 Å². The molecule has 0 fully saturated rings. The van der Waals surface area contributed by atoms with E-state index in [1.807, 2.05) is 36.4 Å². The molecule has 0 spiro atoms. The smallest absolute Gasteiger partial charge is 0.343 e. The fraction of sp³-hybridized carbons (Fsp3) is 0.435. The van der Waals surface area contributed by atoms with Crippen molar-refractivity contribution in [1.82, 2.24) is 0 Å². The van der Waals surface area contributed by atoms with Crippen molar-refractivity contribution in [2.75, 3.05) is 6.61 Å². The fourth-order valence-electron chi connectivity index (χ4n) is 2.67. The predicted octanol–water partition coefficient (Wildman–Crippen LogP) is 6.21. The van der Waals surface area contributed by atoms with Crippen LogP contribution in [0.15, 0.2) is 48.5 Å². The van der Waals surface area contributed by atoms with Gasteiger partial charge in [0.1, 0.15) is 11.5 Å². The fourth-order valence-corrected chi connectivity index (χ4v) is 2.67. The van der Waals surface area contributed by atoms with Crippen molar-refractivity contribution in [2.24, 2.45) is 0 Å². The van der Waals surface area contributed by atoms with E-state index in [4.69, 9.17) is 9.47 Å². The summed E-state index contributed by atoms with van der Waals surface area (Å²) < 4.78 is 11.1. The van der Waals surface area contributed by atoms with Crippen molar-refractivity contribution in [1.29, 1.82) is 0 Å². The predicted molar refractivity (Wildman–Crippen MR) is 106 cm³/mol. The van der Waals surface area contributed by atoms with Gasteiger partial charge in [-0.1, -0.05) is 51.7 Å². The number of carbonyl (C=O) groups is 1. The van der Waals surface area contributed by atoms with Crippen LogP contribution in [0.5, 0.6) is 11.5 Å². The van der Waals surface area contributed by atoms with Gasteiger partial charge in [0.15, 0.2) is 0 Å².